The average Bonchev–Trinajstić information content (AvgIpc) is 3.27. The molecule has 25 heavy (non-hydrogen) atoms. The van der Waals surface area contributed by atoms with Crippen LogP contribution >= 0.6 is 0 Å². The quantitative estimate of drug-likeness (QED) is 0.892. The molecule has 0 spiro atoms. The third kappa shape index (κ3) is 3.02. The number of carbonyl (C=O) groups is 1. The number of amides is 1. The second-order valence-electron chi connectivity index (χ2n) is 7.07. The minimum Gasteiger partial charge on any atom is -0.391 e. The maximum Gasteiger partial charge on any atom is 0.253 e. The molecule has 2 N–H and O–H groups in total. The van der Waals surface area contributed by atoms with Gasteiger partial charge in [0.15, 0.2) is 0 Å². The second-order valence-corrected chi connectivity index (χ2v) is 7.07. The Bertz CT molecular complexity index is 753. The van der Waals surface area contributed by atoms with Crippen LogP contribution in [0.2, 0.25) is 0 Å². The van der Waals surface area contributed by atoms with Gasteiger partial charge in [-0.25, -0.2) is 0 Å². The molecule has 2 aliphatic rings. The third-order valence-corrected chi connectivity index (χ3v) is 5.29. The van der Waals surface area contributed by atoms with Crippen molar-refractivity contribution < 1.29 is 9.90 Å². The van der Waals surface area contributed by atoms with Crippen LogP contribution in [0, 0.1) is 6.92 Å². The van der Waals surface area contributed by atoms with E-state index in [0.29, 0.717) is 6.42 Å². The molecule has 0 bridgehead atoms. The lowest BCUT2D eigenvalue weighted by atomic mass is 9.82. The first-order valence-corrected chi connectivity index (χ1v) is 8.97. The predicted octanol–water partition coefficient (Wildman–Crippen LogP) is 1.90. The molecule has 1 aromatic carbocycles. The summed E-state index contributed by atoms with van der Waals surface area (Å²) in [6, 6.07) is 7.60. The van der Waals surface area contributed by atoms with E-state index in [1.165, 1.54) is 12.8 Å². The maximum absolute atomic E-state index is 13.0. The number of hydrogen-bond donors (Lipinski definition) is 2. The molecule has 0 unspecified atom stereocenters. The summed E-state index contributed by atoms with van der Waals surface area (Å²) < 4.78 is 1.73. The Balaban J connectivity index is 1.54. The summed E-state index contributed by atoms with van der Waals surface area (Å²) >= 11 is 0. The number of nitrogens with zero attached hydrogens (tertiary/aromatic N) is 3. The van der Waals surface area contributed by atoms with Crippen molar-refractivity contribution in [3.8, 4) is 0 Å². The summed E-state index contributed by atoms with van der Waals surface area (Å²) in [6.07, 6.45) is 5.95. The minimum absolute atomic E-state index is 0.0698. The summed E-state index contributed by atoms with van der Waals surface area (Å²) in [6.45, 7) is 4.01. The fourth-order valence-electron chi connectivity index (χ4n) is 3.88. The number of rotatable bonds is 4. The number of aliphatic hydroxyl groups is 1. The molecule has 132 valence electrons. The zero-order valence-electron chi connectivity index (χ0n) is 14.4. The largest absolute Gasteiger partial charge is 0.391 e. The van der Waals surface area contributed by atoms with Crippen LogP contribution in [-0.4, -0.2) is 46.0 Å². The number of aliphatic hydroxyl groups excluding tert-OH is 1. The van der Waals surface area contributed by atoms with Crippen LogP contribution in [0.1, 0.15) is 41.2 Å². The summed E-state index contributed by atoms with van der Waals surface area (Å²) in [4.78, 5) is 15.2. The third-order valence-electron chi connectivity index (χ3n) is 5.29. The lowest BCUT2D eigenvalue weighted by molar-refractivity contribution is -0.00587. The van der Waals surface area contributed by atoms with Crippen molar-refractivity contribution >= 4 is 11.6 Å². The van der Waals surface area contributed by atoms with E-state index in [9.17, 15) is 9.90 Å². The number of benzene rings is 1. The highest BCUT2D eigenvalue weighted by atomic mass is 16.3. The molecule has 1 aromatic heterocycles. The highest BCUT2D eigenvalue weighted by Gasteiger charge is 2.43. The normalized spacial score (nSPS) is 25.7. The van der Waals surface area contributed by atoms with Crippen LogP contribution in [-0.2, 0) is 0 Å². The van der Waals surface area contributed by atoms with Crippen molar-refractivity contribution in [1.82, 2.24) is 15.1 Å². The van der Waals surface area contributed by atoms with Crippen LogP contribution < -0.4 is 10.2 Å². The van der Waals surface area contributed by atoms with Gasteiger partial charge in [0.05, 0.1) is 23.8 Å². The van der Waals surface area contributed by atoms with Gasteiger partial charge in [0.1, 0.15) is 0 Å². The van der Waals surface area contributed by atoms with Gasteiger partial charge in [0, 0.05) is 31.2 Å². The minimum atomic E-state index is -0.472. The first-order chi connectivity index (χ1) is 12.1. The highest BCUT2D eigenvalue weighted by Crippen LogP contribution is 2.33. The SMILES string of the molecule is Cc1ccc(N2CCCC2)c(C(=O)N[C@H]2C[C@@H](O)[C@@H]2n2cccn2)c1. The van der Waals surface area contributed by atoms with E-state index >= 15 is 0 Å². The number of aryl methyl sites for hydroxylation is 1. The Morgan fingerprint density at radius 1 is 1.32 bits per heavy atom. The molecule has 2 aromatic rings. The van der Waals surface area contributed by atoms with Crippen LogP contribution in [0.4, 0.5) is 5.69 Å². The van der Waals surface area contributed by atoms with E-state index in [0.717, 1.165) is 29.9 Å². The molecule has 0 radical (unpaired) electrons. The van der Waals surface area contributed by atoms with Crippen molar-refractivity contribution in [2.24, 2.45) is 0 Å². The van der Waals surface area contributed by atoms with Gasteiger partial charge in [-0.05, 0) is 44.4 Å². The Hall–Kier alpha value is -2.34. The standard InChI is InChI=1S/C19H24N4O2/c1-13-5-6-16(22-8-2-3-9-22)14(11-13)19(25)21-15-12-17(24)18(15)23-10-4-7-20-23/h4-7,10-11,15,17-18,24H,2-3,8-9,12H2,1H3,(H,21,25)/t15-,17+,18+/m0/s1. The Labute approximate surface area is 147 Å². The van der Waals surface area contributed by atoms with Crippen molar-refractivity contribution in [3.05, 3.63) is 47.8 Å². The number of anilines is 1. The molecule has 1 saturated carbocycles. The lowest BCUT2D eigenvalue weighted by Gasteiger charge is -2.42. The number of nitrogens with one attached hydrogen (secondary N) is 1. The van der Waals surface area contributed by atoms with E-state index < -0.39 is 6.10 Å². The fraction of sp³-hybridized carbons (Fsp3) is 0.474. The molecule has 1 aliphatic heterocycles. The van der Waals surface area contributed by atoms with Crippen molar-refractivity contribution in [2.75, 3.05) is 18.0 Å². The average molecular weight is 340 g/mol. The van der Waals surface area contributed by atoms with Crippen LogP contribution in [0.25, 0.3) is 0 Å². The van der Waals surface area contributed by atoms with Crippen molar-refractivity contribution in [3.63, 3.8) is 0 Å². The van der Waals surface area contributed by atoms with Gasteiger partial charge in [-0.1, -0.05) is 11.6 Å². The number of aromatic nitrogens is 2. The van der Waals surface area contributed by atoms with Gasteiger partial charge in [-0.2, -0.15) is 5.10 Å². The van der Waals surface area contributed by atoms with Crippen LogP contribution in [0.3, 0.4) is 0 Å². The van der Waals surface area contributed by atoms with Gasteiger partial charge in [-0.3, -0.25) is 9.48 Å². The van der Waals surface area contributed by atoms with E-state index in [1.807, 2.05) is 25.3 Å². The van der Waals surface area contributed by atoms with Gasteiger partial charge >= 0.3 is 0 Å². The summed E-state index contributed by atoms with van der Waals surface area (Å²) in [5.41, 5.74) is 2.81. The molecule has 6 heteroatoms. The lowest BCUT2D eigenvalue weighted by Crippen LogP contribution is -2.56. The molecule has 4 rings (SSSR count). The Morgan fingerprint density at radius 3 is 2.80 bits per heavy atom. The summed E-state index contributed by atoms with van der Waals surface area (Å²) in [7, 11) is 0. The number of carbonyl (C=O) groups excluding carboxylic acids is 1. The zero-order chi connectivity index (χ0) is 17.4. The van der Waals surface area contributed by atoms with E-state index in [-0.39, 0.29) is 18.0 Å². The molecule has 1 aliphatic carbocycles. The van der Waals surface area contributed by atoms with E-state index in [4.69, 9.17) is 0 Å². The Morgan fingerprint density at radius 2 is 2.12 bits per heavy atom. The first-order valence-electron chi connectivity index (χ1n) is 8.97. The first kappa shape index (κ1) is 16.1. The molecular weight excluding hydrogens is 316 g/mol. The van der Waals surface area contributed by atoms with Crippen molar-refractivity contribution in [2.45, 2.75) is 44.4 Å². The van der Waals surface area contributed by atoms with Gasteiger partial charge in [-0.15, -0.1) is 0 Å². The fourth-order valence-corrected chi connectivity index (χ4v) is 3.88. The Kier molecular flexibility index (Phi) is 4.21. The van der Waals surface area contributed by atoms with Crippen molar-refractivity contribution in [1.29, 1.82) is 0 Å². The second kappa shape index (κ2) is 6.52. The molecule has 1 amide bonds. The molecule has 3 atom stereocenters. The predicted molar refractivity (Wildman–Crippen MR) is 95.8 cm³/mol. The summed E-state index contributed by atoms with van der Waals surface area (Å²) in [5.74, 6) is -0.0698. The molecule has 2 fully saturated rings. The van der Waals surface area contributed by atoms with E-state index in [1.54, 1.807) is 10.9 Å². The molecule has 2 heterocycles. The maximum atomic E-state index is 13.0. The van der Waals surface area contributed by atoms with Gasteiger partial charge in [0.2, 0.25) is 0 Å². The molecule has 6 nitrogen and oxygen atoms in total. The van der Waals surface area contributed by atoms with Crippen LogP contribution in [0.15, 0.2) is 36.7 Å². The number of hydrogen-bond acceptors (Lipinski definition) is 4. The summed E-state index contributed by atoms with van der Waals surface area (Å²) in [5, 5.41) is 17.4. The van der Waals surface area contributed by atoms with Gasteiger partial charge < -0.3 is 15.3 Å². The smallest absolute Gasteiger partial charge is 0.253 e. The molecule has 1 saturated heterocycles. The van der Waals surface area contributed by atoms with Gasteiger partial charge in [0.25, 0.3) is 5.91 Å². The van der Waals surface area contributed by atoms with E-state index in [2.05, 4.69) is 27.4 Å². The molecular formula is C19H24N4O2. The topological polar surface area (TPSA) is 70.4 Å². The highest BCUT2D eigenvalue weighted by molar-refractivity contribution is 6.00. The zero-order valence-corrected chi connectivity index (χ0v) is 14.4. The monoisotopic (exact) mass is 340 g/mol. The van der Waals surface area contributed by atoms with Crippen LogP contribution in [0.5, 0.6) is 0 Å².